The third-order valence-corrected chi connectivity index (χ3v) is 3.33. The summed E-state index contributed by atoms with van der Waals surface area (Å²) in [4.78, 5) is 14.0. The predicted molar refractivity (Wildman–Crippen MR) is 75.6 cm³/mol. The first kappa shape index (κ1) is 15.4. The van der Waals surface area contributed by atoms with Crippen molar-refractivity contribution >= 4 is 5.91 Å². The zero-order valence-corrected chi connectivity index (χ0v) is 12.2. The van der Waals surface area contributed by atoms with Crippen molar-refractivity contribution in [3.05, 3.63) is 0 Å². The van der Waals surface area contributed by atoms with Crippen LogP contribution in [-0.2, 0) is 4.79 Å². The Morgan fingerprint density at radius 3 is 2.56 bits per heavy atom. The van der Waals surface area contributed by atoms with Crippen LogP contribution >= 0.6 is 0 Å². The largest absolute Gasteiger partial charge is 0.355 e. The van der Waals surface area contributed by atoms with Crippen LogP contribution in [0, 0.1) is 5.92 Å². The second-order valence-corrected chi connectivity index (χ2v) is 5.70. The number of piperidine rings is 1. The molecular weight excluding hydrogens is 226 g/mol. The van der Waals surface area contributed by atoms with Crippen LogP contribution in [0.1, 0.15) is 40.0 Å². The first-order chi connectivity index (χ1) is 8.61. The van der Waals surface area contributed by atoms with Gasteiger partial charge in [-0.3, -0.25) is 4.79 Å². The summed E-state index contributed by atoms with van der Waals surface area (Å²) in [6.07, 6.45) is 3.32. The van der Waals surface area contributed by atoms with Crippen LogP contribution in [0.25, 0.3) is 0 Å². The molecule has 0 unspecified atom stereocenters. The summed E-state index contributed by atoms with van der Waals surface area (Å²) < 4.78 is 0. The average Bonchev–Trinajstić information content (AvgIpc) is 2.35. The van der Waals surface area contributed by atoms with E-state index < -0.39 is 0 Å². The SMILES string of the molecule is CCCNC(=O)CNC1CCN(CC(C)C)CC1. The molecule has 1 amide bonds. The first-order valence-electron chi connectivity index (χ1n) is 7.34. The molecule has 106 valence electrons. The average molecular weight is 255 g/mol. The molecule has 0 radical (unpaired) electrons. The molecule has 0 spiro atoms. The van der Waals surface area contributed by atoms with Crippen LogP contribution in [0.15, 0.2) is 0 Å². The fourth-order valence-electron chi connectivity index (χ4n) is 2.40. The molecular formula is C14H29N3O. The van der Waals surface area contributed by atoms with E-state index in [1.54, 1.807) is 0 Å². The Morgan fingerprint density at radius 2 is 2.00 bits per heavy atom. The maximum absolute atomic E-state index is 11.5. The molecule has 0 bridgehead atoms. The molecule has 0 aliphatic carbocycles. The summed E-state index contributed by atoms with van der Waals surface area (Å²) >= 11 is 0. The van der Waals surface area contributed by atoms with Gasteiger partial charge >= 0.3 is 0 Å². The van der Waals surface area contributed by atoms with E-state index in [1.165, 1.54) is 6.54 Å². The van der Waals surface area contributed by atoms with E-state index in [9.17, 15) is 4.79 Å². The molecule has 0 aromatic carbocycles. The van der Waals surface area contributed by atoms with Crippen molar-refractivity contribution in [2.24, 2.45) is 5.92 Å². The summed E-state index contributed by atoms with van der Waals surface area (Å²) in [5.74, 6) is 0.871. The fraction of sp³-hybridized carbons (Fsp3) is 0.929. The minimum Gasteiger partial charge on any atom is -0.355 e. The highest BCUT2D eigenvalue weighted by Crippen LogP contribution is 2.11. The van der Waals surface area contributed by atoms with Gasteiger partial charge < -0.3 is 15.5 Å². The van der Waals surface area contributed by atoms with Crippen molar-refractivity contribution in [3.63, 3.8) is 0 Å². The Bertz CT molecular complexity index is 235. The van der Waals surface area contributed by atoms with E-state index >= 15 is 0 Å². The van der Waals surface area contributed by atoms with Crippen molar-refractivity contribution < 1.29 is 4.79 Å². The van der Waals surface area contributed by atoms with Crippen LogP contribution in [0.3, 0.4) is 0 Å². The highest BCUT2D eigenvalue weighted by atomic mass is 16.1. The molecule has 4 heteroatoms. The van der Waals surface area contributed by atoms with E-state index in [0.717, 1.165) is 44.8 Å². The van der Waals surface area contributed by atoms with Crippen molar-refractivity contribution in [2.45, 2.75) is 46.1 Å². The topological polar surface area (TPSA) is 44.4 Å². The molecule has 2 N–H and O–H groups in total. The van der Waals surface area contributed by atoms with Gasteiger partial charge in [0, 0.05) is 19.1 Å². The Balaban J connectivity index is 2.10. The van der Waals surface area contributed by atoms with Gasteiger partial charge in [-0.2, -0.15) is 0 Å². The Hall–Kier alpha value is -0.610. The Labute approximate surface area is 111 Å². The molecule has 0 saturated carbocycles. The fourth-order valence-corrected chi connectivity index (χ4v) is 2.40. The summed E-state index contributed by atoms with van der Waals surface area (Å²) in [5.41, 5.74) is 0. The van der Waals surface area contributed by atoms with Crippen LogP contribution < -0.4 is 10.6 Å². The predicted octanol–water partition coefficient (Wildman–Crippen LogP) is 1.22. The molecule has 1 heterocycles. The van der Waals surface area contributed by atoms with Gasteiger partial charge in [-0.05, 0) is 38.3 Å². The number of hydrogen-bond donors (Lipinski definition) is 2. The molecule has 0 aromatic heterocycles. The van der Waals surface area contributed by atoms with Crippen molar-refractivity contribution in [1.82, 2.24) is 15.5 Å². The van der Waals surface area contributed by atoms with Gasteiger partial charge in [0.2, 0.25) is 5.91 Å². The molecule has 1 aliphatic rings. The van der Waals surface area contributed by atoms with Crippen molar-refractivity contribution in [3.8, 4) is 0 Å². The number of nitrogens with zero attached hydrogens (tertiary/aromatic N) is 1. The van der Waals surface area contributed by atoms with E-state index in [-0.39, 0.29) is 5.91 Å². The number of carbonyl (C=O) groups excluding carboxylic acids is 1. The molecule has 1 saturated heterocycles. The lowest BCUT2D eigenvalue weighted by molar-refractivity contribution is -0.120. The maximum atomic E-state index is 11.5. The highest BCUT2D eigenvalue weighted by Gasteiger charge is 2.19. The van der Waals surface area contributed by atoms with E-state index in [0.29, 0.717) is 12.6 Å². The number of likely N-dealkylation sites (tertiary alicyclic amines) is 1. The summed E-state index contributed by atoms with van der Waals surface area (Å²) in [7, 11) is 0. The van der Waals surface area contributed by atoms with Crippen LogP contribution in [0.2, 0.25) is 0 Å². The van der Waals surface area contributed by atoms with Crippen LogP contribution in [0.4, 0.5) is 0 Å². The Kier molecular flexibility index (Phi) is 7.28. The van der Waals surface area contributed by atoms with Crippen LogP contribution in [0.5, 0.6) is 0 Å². The van der Waals surface area contributed by atoms with Gasteiger partial charge in [0.25, 0.3) is 0 Å². The van der Waals surface area contributed by atoms with Crippen molar-refractivity contribution in [1.29, 1.82) is 0 Å². The normalized spacial score (nSPS) is 18.2. The molecule has 1 rings (SSSR count). The lowest BCUT2D eigenvalue weighted by Gasteiger charge is -2.33. The van der Waals surface area contributed by atoms with Crippen molar-refractivity contribution in [2.75, 3.05) is 32.7 Å². The number of amides is 1. The number of rotatable bonds is 7. The molecule has 1 fully saturated rings. The second kappa shape index (κ2) is 8.48. The monoisotopic (exact) mass is 255 g/mol. The van der Waals surface area contributed by atoms with Gasteiger partial charge in [-0.1, -0.05) is 20.8 Å². The van der Waals surface area contributed by atoms with Crippen LogP contribution in [-0.4, -0.2) is 49.6 Å². The zero-order valence-electron chi connectivity index (χ0n) is 12.2. The molecule has 0 aromatic rings. The summed E-state index contributed by atoms with van der Waals surface area (Å²) in [6, 6.07) is 0.515. The van der Waals surface area contributed by atoms with Gasteiger partial charge in [-0.25, -0.2) is 0 Å². The third kappa shape index (κ3) is 6.36. The van der Waals surface area contributed by atoms with E-state index in [1.807, 2.05) is 0 Å². The smallest absolute Gasteiger partial charge is 0.233 e. The number of hydrogen-bond acceptors (Lipinski definition) is 3. The third-order valence-electron chi connectivity index (χ3n) is 3.33. The van der Waals surface area contributed by atoms with Gasteiger partial charge in [0.1, 0.15) is 0 Å². The second-order valence-electron chi connectivity index (χ2n) is 5.70. The maximum Gasteiger partial charge on any atom is 0.233 e. The highest BCUT2D eigenvalue weighted by molar-refractivity contribution is 5.77. The van der Waals surface area contributed by atoms with Gasteiger partial charge in [0.05, 0.1) is 6.54 Å². The standard InChI is InChI=1S/C14H29N3O/c1-4-7-15-14(18)10-16-13-5-8-17(9-6-13)11-12(2)3/h12-13,16H,4-11H2,1-3H3,(H,15,18). The minimum atomic E-state index is 0.126. The summed E-state index contributed by atoms with van der Waals surface area (Å²) in [6.45, 7) is 11.4. The number of carbonyl (C=O) groups is 1. The lowest BCUT2D eigenvalue weighted by Crippen LogP contribution is -2.46. The molecule has 0 atom stereocenters. The van der Waals surface area contributed by atoms with Gasteiger partial charge in [-0.15, -0.1) is 0 Å². The minimum absolute atomic E-state index is 0.126. The zero-order chi connectivity index (χ0) is 13.4. The first-order valence-corrected chi connectivity index (χ1v) is 7.34. The van der Waals surface area contributed by atoms with Gasteiger partial charge in [0.15, 0.2) is 0 Å². The van der Waals surface area contributed by atoms with E-state index in [4.69, 9.17) is 0 Å². The molecule has 18 heavy (non-hydrogen) atoms. The quantitative estimate of drug-likeness (QED) is 0.719. The number of nitrogens with one attached hydrogen (secondary N) is 2. The van der Waals surface area contributed by atoms with E-state index in [2.05, 4.69) is 36.3 Å². The Morgan fingerprint density at radius 1 is 1.33 bits per heavy atom. The molecule has 1 aliphatic heterocycles. The molecule has 4 nitrogen and oxygen atoms in total. The summed E-state index contributed by atoms with van der Waals surface area (Å²) in [5, 5.41) is 6.26. The lowest BCUT2D eigenvalue weighted by atomic mass is 10.0.